The second kappa shape index (κ2) is 4.49. The molecule has 0 unspecified atom stereocenters. The van der Waals surface area contributed by atoms with Crippen molar-refractivity contribution >= 4 is 11.6 Å². The van der Waals surface area contributed by atoms with E-state index in [0.29, 0.717) is 5.75 Å². The Kier molecular flexibility index (Phi) is 3.58. The van der Waals surface area contributed by atoms with E-state index < -0.39 is 6.10 Å². The van der Waals surface area contributed by atoms with Crippen LogP contribution in [-0.4, -0.2) is 18.1 Å². The third-order valence-electron chi connectivity index (χ3n) is 1.89. The number of aliphatic hydroxyl groups excluding tert-OH is 1. The standard InChI is InChI=1S/C10H13ClO2/c1-7-3-4-10(13-2)8(5-7)9(12)6-11/h3-5,9,12H,6H2,1-2H3/t9-/m0/s1. The zero-order valence-corrected chi connectivity index (χ0v) is 8.51. The molecule has 0 aliphatic carbocycles. The van der Waals surface area contributed by atoms with Crippen molar-refractivity contribution in [2.75, 3.05) is 13.0 Å². The van der Waals surface area contributed by atoms with Crippen molar-refractivity contribution in [1.82, 2.24) is 0 Å². The first-order valence-corrected chi connectivity index (χ1v) is 4.61. The maximum Gasteiger partial charge on any atom is 0.124 e. The average molecular weight is 201 g/mol. The van der Waals surface area contributed by atoms with E-state index >= 15 is 0 Å². The van der Waals surface area contributed by atoms with Gasteiger partial charge >= 0.3 is 0 Å². The number of rotatable bonds is 3. The van der Waals surface area contributed by atoms with Crippen molar-refractivity contribution in [2.45, 2.75) is 13.0 Å². The number of methoxy groups -OCH3 is 1. The highest BCUT2D eigenvalue weighted by molar-refractivity contribution is 6.18. The van der Waals surface area contributed by atoms with Crippen LogP contribution in [0.1, 0.15) is 17.2 Å². The van der Waals surface area contributed by atoms with Crippen molar-refractivity contribution in [1.29, 1.82) is 0 Å². The second-order valence-corrected chi connectivity index (χ2v) is 3.22. The number of hydrogen-bond acceptors (Lipinski definition) is 2. The molecule has 0 fully saturated rings. The molecule has 1 aromatic carbocycles. The van der Waals surface area contributed by atoms with Gasteiger partial charge in [-0.2, -0.15) is 0 Å². The van der Waals surface area contributed by atoms with Gasteiger partial charge in [-0.05, 0) is 19.1 Å². The Balaban J connectivity index is 3.07. The lowest BCUT2D eigenvalue weighted by atomic mass is 10.1. The molecule has 1 atom stereocenters. The summed E-state index contributed by atoms with van der Waals surface area (Å²) in [7, 11) is 1.58. The van der Waals surface area contributed by atoms with Gasteiger partial charge in [-0.25, -0.2) is 0 Å². The Morgan fingerprint density at radius 2 is 2.23 bits per heavy atom. The number of halogens is 1. The largest absolute Gasteiger partial charge is 0.496 e. The van der Waals surface area contributed by atoms with Crippen LogP contribution in [-0.2, 0) is 0 Å². The molecule has 1 rings (SSSR count). The molecule has 0 aliphatic heterocycles. The van der Waals surface area contributed by atoms with E-state index in [9.17, 15) is 5.11 Å². The van der Waals surface area contributed by atoms with Crippen LogP contribution in [0.2, 0.25) is 0 Å². The van der Waals surface area contributed by atoms with Crippen molar-refractivity contribution in [3.8, 4) is 5.75 Å². The number of benzene rings is 1. The summed E-state index contributed by atoms with van der Waals surface area (Å²) in [4.78, 5) is 0. The lowest BCUT2D eigenvalue weighted by Crippen LogP contribution is -2.02. The quantitative estimate of drug-likeness (QED) is 0.759. The molecule has 0 aromatic heterocycles. The maximum atomic E-state index is 9.55. The van der Waals surface area contributed by atoms with E-state index in [1.165, 1.54) is 0 Å². The highest BCUT2D eigenvalue weighted by Gasteiger charge is 2.11. The molecule has 0 spiro atoms. The van der Waals surface area contributed by atoms with Gasteiger partial charge in [-0.3, -0.25) is 0 Å². The number of hydrogen-bond donors (Lipinski definition) is 1. The number of aryl methyl sites for hydroxylation is 1. The highest BCUT2D eigenvalue weighted by Crippen LogP contribution is 2.26. The van der Waals surface area contributed by atoms with Crippen LogP contribution in [0.4, 0.5) is 0 Å². The van der Waals surface area contributed by atoms with Crippen LogP contribution in [0.5, 0.6) is 5.75 Å². The Morgan fingerprint density at radius 1 is 1.54 bits per heavy atom. The topological polar surface area (TPSA) is 29.5 Å². The van der Waals surface area contributed by atoms with Crippen LogP contribution in [0.15, 0.2) is 18.2 Å². The first-order valence-electron chi connectivity index (χ1n) is 4.07. The van der Waals surface area contributed by atoms with Gasteiger partial charge in [0.05, 0.1) is 19.1 Å². The van der Waals surface area contributed by atoms with Crippen LogP contribution >= 0.6 is 11.6 Å². The molecule has 3 heteroatoms. The predicted molar refractivity (Wildman–Crippen MR) is 53.4 cm³/mol. The Bertz CT molecular complexity index is 286. The first kappa shape index (κ1) is 10.4. The summed E-state index contributed by atoms with van der Waals surface area (Å²) in [5.41, 5.74) is 1.83. The van der Waals surface area contributed by atoms with E-state index in [2.05, 4.69) is 0 Å². The van der Waals surface area contributed by atoms with E-state index in [0.717, 1.165) is 11.1 Å². The smallest absolute Gasteiger partial charge is 0.124 e. The molecular weight excluding hydrogens is 188 g/mol. The summed E-state index contributed by atoms with van der Waals surface area (Å²) in [6, 6.07) is 5.65. The first-order chi connectivity index (χ1) is 6.19. The third-order valence-corrected chi connectivity index (χ3v) is 2.18. The Hall–Kier alpha value is -0.730. The molecule has 72 valence electrons. The molecule has 0 heterocycles. The van der Waals surface area contributed by atoms with Gasteiger partial charge in [0, 0.05) is 5.56 Å². The van der Waals surface area contributed by atoms with E-state index in [1.807, 2.05) is 25.1 Å². The summed E-state index contributed by atoms with van der Waals surface area (Å²) < 4.78 is 5.10. The molecule has 0 amide bonds. The molecule has 0 radical (unpaired) electrons. The third kappa shape index (κ3) is 2.36. The minimum Gasteiger partial charge on any atom is -0.496 e. The van der Waals surface area contributed by atoms with Crippen LogP contribution < -0.4 is 4.74 Å². The Labute approximate surface area is 83.1 Å². The molecule has 0 saturated heterocycles. The number of alkyl halides is 1. The van der Waals surface area contributed by atoms with Gasteiger partial charge in [-0.1, -0.05) is 11.6 Å². The maximum absolute atomic E-state index is 9.55. The molecule has 1 N–H and O–H groups in total. The fourth-order valence-electron chi connectivity index (χ4n) is 1.20. The SMILES string of the molecule is COc1ccc(C)cc1[C@@H](O)CCl. The molecule has 2 nitrogen and oxygen atoms in total. The van der Waals surface area contributed by atoms with Crippen LogP contribution in [0, 0.1) is 6.92 Å². The molecule has 1 aromatic rings. The van der Waals surface area contributed by atoms with Gasteiger partial charge < -0.3 is 9.84 Å². The number of aliphatic hydroxyl groups is 1. The van der Waals surface area contributed by atoms with Gasteiger partial charge in [0.15, 0.2) is 0 Å². The van der Waals surface area contributed by atoms with Crippen LogP contribution in [0.25, 0.3) is 0 Å². The summed E-state index contributed by atoms with van der Waals surface area (Å²) in [6.45, 7) is 1.96. The van der Waals surface area contributed by atoms with E-state index in [-0.39, 0.29) is 5.88 Å². The zero-order chi connectivity index (χ0) is 9.84. The number of ether oxygens (including phenoxy) is 1. The van der Waals surface area contributed by atoms with Crippen molar-refractivity contribution in [2.24, 2.45) is 0 Å². The van der Waals surface area contributed by atoms with Crippen molar-refractivity contribution in [3.63, 3.8) is 0 Å². The van der Waals surface area contributed by atoms with Gasteiger partial charge in [0.25, 0.3) is 0 Å². The van der Waals surface area contributed by atoms with Crippen molar-refractivity contribution < 1.29 is 9.84 Å². The second-order valence-electron chi connectivity index (χ2n) is 2.92. The Morgan fingerprint density at radius 3 is 2.77 bits per heavy atom. The minimum absolute atomic E-state index is 0.180. The lowest BCUT2D eigenvalue weighted by Gasteiger charge is -2.12. The fraction of sp³-hybridized carbons (Fsp3) is 0.400. The fourth-order valence-corrected chi connectivity index (χ4v) is 1.36. The van der Waals surface area contributed by atoms with Crippen LogP contribution in [0.3, 0.4) is 0 Å². The average Bonchev–Trinajstić information content (AvgIpc) is 2.16. The van der Waals surface area contributed by atoms with Crippen molar-refractivity contribution in [3.05, 3.63) is 29.3 Å². The summed E-state index contributed by atoms with van der Waals surface area (Å²) >= 11 is 5.56. The predicted octanol–water partition coefficient (Wildman–Crippen LogP) is 2.28. The highest BCUT2D eigenvalue weighted by atomic mass is 35.5. The molecule has 0 aliphatic rings. The zero-order valence-electron chi connectivity index (χ0n) is 7.75. The molecular formula is C10H13ClO2. The van der Waals surface area contributed by atoms with Gasteiger partial charge in [0.1, 0.15) is 5.75 Å². The van der Waals surface area contributed by atoms with E-state index in [4.69, 9.17) is 16.3 Å². The van der Waals surface area contributed by atoms with E-state index in [1.54, 1.807) is 7.11 Å². The normalized spacial score (nSPS) is 12.6. The van der Waals surface area contributed by atoms with Gasteiger partial charge in [0.2, 0.25) is 0 Å². The summed E-state index contributed by atoms with van der Waals surface area (Å²) in [6.07, 6.45) is -0.656. The molecule has 13 heavy (non-hydrogen) atoms. The summed E-state index contributed by atoms with van der Waals surface area (Å²) in [5, 5.41) is 9.55. The molecule has 0 saturated carbocycles. The lowest BCUT2D eigenvalue weighted by molar-refractivity contribution is 0.197. The summed E-state index contributed by atoms with van der Waals surface area (Å²) in [5.74, 6) is 0.860. The monoisotopic (exact) mass is 200 g/mol. The van der Waals surface area contributed by atoms with Gasteiger partial charge in [-0.15, -0.1) is 11.6 Å². The molecule has 0 bridgehead atoms. The minimum atomic E-state index is -0.656.